The van der Waals surface area contributed by atoms with E-state index in [1.54, 1.807) is 0 Å². The molecule has 0 aliphatic rings. The lowest BCUT2D eigenvalue weighted by Crippen LogP contribution is -2.35. The molecule has 1 rings (SSSR count). The average Bonchev–Trinajstić information content (AvgIpc) is 2.35. The van der Waals surface area contributed by atoms with Gasteiger partial charge in [-0.2, -0.15) is 0 Å². The molecule has 0 saturated carbocycles. The van der Waals surface area contributed by atoms with Crippen LogP contribution in [0.2, 0.25) is 0 Å². The molecular weight excluding hydrogens is 242 g/mol. The largest absolute Gasteiger partial charge is 0.491 e. The van der Waals surface area contributed by atoms with Crippen LogP contribution in [0, 0.1) is 6.92 Å². The molecule has 0 saturated heterocycles. The monoisotopic (exact) mass is 257 g/mol. The molecule has 1 amide bonds. The number of nitrogens with one attached hydrogen (secondary N) is 1. The highest BCUT2D eigenvalue weighted by atomic mass is 35.5. The third-order valence-electron chi connectivity index (χ3n) is 2.18. The lowest BCUT2D eigenvalue weighted by molar-refractivity contribution is -0.119. The quantitative estimate of drug-likeness (QED) is 0.750. The molecule has 0 aromatic heterocycles. The summed E-state index contributed by atoms with van der Waals surface area (Å²) in [6.45, 7) is 2.20. The summed E-state index contributed by atoms with van der Waals surface area (Å²) >= 11 is 5.30. The second-order valence-corrected chi connectivity index (χ2v) is 3.94. The number of aliphatic hydroxyl groups is 1. The van der Waals surface area contributed by atoms with E-state index in [0.29, 0.717) is 0 Å². The number of hydrogen-bond acceptors (Lipinski definition) is 3. The van der Waals surface area contributed by atoms with Gasteiger partial charge in [0.15, 0.2) is 0 Å². The van der Waals surface area contributed by atoms with Crippen molar-refractivity contribution in [3.05, 3.63) is 29.8 Å². The molecule has 4 nitrogen and oxygen atoms in total. The summed E-state index contributed by atoms with van der Waals surface area (Å²) in [6, 6.07) is 7.54. The van der Waals surface area contributed by atoms with E-state index in [2.05, 4.69) is 5.32 Å². The van der Waals surface area contributed by atoms with Crippen molar-refractivity contribution in [1.29, 1.82) is 0 Å². The summed E-state index contributed by atoms with van der Waals surface area (Å²) in [6.07, 6.45) is -0.748. The zero-order valence-corrected chi connectivity index (χ0v) is 10.4. The standard InChI is InChI=1S/C12H16ClNO3/c1-9-4-2-3-5-11(9)17-8-10(15)7-14-12(16)6-13/h2-5,10,15H,6-8H2,1H3,(H,14,16). The second kappa shape index (κ2) is 7.14. The first-order valence-electron chi connectivity index (χ1n) is 5.32. The third-order valence-corrected chi connectivity index (χ3v) is 2.42. The zero-order chi connectivity index (χ0) is 12.7. The van der Waals surface area contributed by atoms with Crippen molar-refractivity contribution in [1.82, 2.24) is 5.32 Å². The normalized spacial score (nSPS) is 11.9. The van der Waals surface area contributed by atoms with Crippen LogP contribution in [-0.4, -0.2) is 36.1 Å². The summed E-state index contributed by atoms with van der Waals surface area (Å²) in [4.78, 5) is 10.8. The fraction of sp³-hybridized carbons (Fsp3) is 0.417. The van der Waals surface area contributed by atoms with Crippen molar-refractivity contribution in [3.63, 3.8) is 0 Å². The van der Waals surface area contributed by atoms with Gasteiger partial charge >= 0.3 is 0 Å². The Bertz CT molecular complexity index is 371. The van der Waals surface area contributed by atoms with Crippen molar-refractivity contribution in [2.24, 2.45) is 0 Å². The average molecular weight is 258 g/mol. The van der Waals surface area contributed by atoms with Crippen molar-refractivity contribution in [3.8, 4) is 5.75 Å². The fourth-order valence-electron chi connectivity index (χ4n) is 1.24. The highest BCUT2D eigenvalue weighted by molar-refractivity contribution is 6.27. The molecule has 1 unspecified atom stereocenters. The van der Waals surface area contributed by atoms with Crippen LogP contribution in [0.15, 0.2) is 24.3 Å². The van der Waals surface area contributed by atoms with E-state index in [1.165, 1.54) is 0 Å². The Kier molecular flexibility index (Phi) is 5.80. The van der Waals surface area contributed by atoms with Crippen molar-refractivity contribution >= 4 is 17.5 Å². The van der Waals surface area contributed by atoms with Crippen LogP contribution in [0.1, 0.15) is 5.56 Å². The highest BCUT2D eigenvalue weighted by Gasteiger charge is 2.07. The summed E-state index contributed by atoms with van der Waals surface area (Å²) in [5, 5.41) is 12.0. The van der Waals surface area contributed by atoms with E-state index >= 15 is 0 Å². The minimum Gasteiger partial charge on any atom is -0.491 e. The molecule has 0 heterocycles. The smallest absolute Gasteiger partial charge is 0.235 e. The predicted molar refractivity (Wildman–Crippen MR) is 66.4 cm³/mol. The highest BCUT2D eigenvalue weighted by Crippen LogP contribution is 2.16. The Balaban J connectivity index is 2.31. The van der Waals surface area contributed by atoms with Gasteiger partial charge in [-0.3, -0.25) is 4.79 Å². The van der Waals surface area contributed by atoms with Gasteiger partial charge in [-0.25, -0.2) is 0 Å². The number of alkyl halides is 1. The number of aliphatic hydroxyl groups excluding tert-OH is 1. The molecule has 0 fully saturated rings. The van der Waals surface area contributed by atoms with E-state index in [4.69, 9.17) is 16.3 Å². The summed E-state index contributed by atoms with van der Waals surface area (Å²) < 4.78 is 5.43. The zero-order valence-electron chi connectivity index (χ0n) is 9.65. The van der Waals surface area contributed by atoms with Gasteiger partial charge in [0.05, 0.1) is 0 Å². The van der Waals surface area contributed by atoms with Crippen molar-refractivity contribution in [2.75, 3.05) is 19.0 Å². The van der Waals surface area contributed by atoms with Gasteiger partial charge in [-0.1, -0.05) is 18.2 Å². The Morgan fingerprint density at radius 1 is 1.53 bits per heavy atom. The molecule has 17 heavy (non-hydrogen) atoms. The van der Waals surface area contributed by atoms with E-state index in [1.807, 2.05) is 31.2 Å². The molecule has 0 aliphatic heterocycles. The van der Waals surface area contributed by atoms with Gasteiger partial charge in [0.1, 0.15) is 24.3 Å². The predicted octanol–water partition coefficient (Wildman–Crippen LogP) is 1.09. The Morgan fingerprint density at radius 3 is 2.88 bits per heavy atom. The van der Waals surface area contributed by atoms with Gasteiger partial charge in [-0.15, -0.1) is 11.6 Å². The maximum Gasteiger partial charge on any atom is 0.235 e. The molecule has 94 valence electrons. The van der Waals surface area contributed by atoms with E-state index in [0.717, 1.165) is 11.3 Å². The maximum atomic E-state index is 10.8. The van der Waals surface area contributed by atoms with Gasteiger partial charge in [0.25, 0.3) is 0 Å². The van der Waals surface area contributed by atoms with E-state index < -0.39 is 6.10 Å². The van der Waals surface area contributed by atoms with Gasteiger partial charge in [-0.05, 0) is 18.6 Å². The first-order valence-corrected chi connectivity index (χ1v) is 5.86. The summed E-state index contributed by atoms with van der Waals surface area (Å²) in [7, 11) is 0. The molecule has 1 aromatic rings. The van der Waals surface area contributed by atoms with Crippen LogP contribution in [0.5, 0.6) is 5.75 Å². The van der Waals surface area contributed by atoms with Crippen molar-refractivity contribution < 1.29 is 14.6 Å². The molecule has 5 heteroatoms. The van der Waals surface area contributed by atoms with Crippen molar-refractivity contribution in [2.45, 2.75) is 13.0 Å². The number of carbonyl (C=O) groups is 1. The fourth-order valence-corrected chi connectivity index (χ4v) is 1.34. The van der Waals surface area contributed by atoms with Crippen LogP contribution in [0.4, 0.5) is 0 Å². The summed E-state index contributed by atoms with van der Waals surface area (Å²) in [5.74, 6) is 0.322. The van der Waals surface area contributed by atoms with Crippen LogP contribution < -0.4 is 10.1 Å². The molecule has 0 aliphatic carbocycles. The molecule has 2 N–H and O–H groups in total. The molecule has 1 atom stereocenters. The van der Waals surface area contributed by atoms with Gasteiger partial charge < -0.3 is 15.2 Å². The number of benzene rings is 1. The van der Waals surface area contributed by atoms with E-state index in [-0.39, 0.29) is 24.9 Å². The molecule has 0 bridgehead atoms. The molecule has 0 spiro atoms. The molecule has 1 aromatic carbocycles. The number of carbonyl (C=O) groups excluding carboxylic acids is 1. The first kappa shape index (κ1) is 13.8. The number of ether oxygens (including phenoxy) is 1. The number of para-hydroxylation sites is 1. The SMILES string of the molecule is Cc1ccccc1OCC(O)CNC(=O)CCl. The summed E-state index contributed by atoms with van der Waals surface area (Å²) in [5.41, 5.74) is 1.00. The second-order valence-electron chi connectivity index (χ2n) is 3.67. The lowest BCUT2D eigenvalue weighted by atomic mass is 10.2. The first-order chi connectivity index (χ1) is 8.13. The maximum absolute atomic E-state index is 10.8. The number of hydrogen-bond donors (Lipinski definition) is 2. The lowest BCUT2D eigenvalue weighted by Gasteiger charge is -2.14. The Hall–Kier alpha value is -1.26. The Morgan fingerprint density at radius 2 is 2.24 bits per heavy atom. The topological polar surface area (TPSA) is 58.6 Å². The third kappa shape index (κ3) is 5.06. The van der Waals surface area contributed by atoms with Gasteiger partial charge in [0.2, 0.25) is 5.91 Å². The number of aryl methyl sites for hydroxylation is 1. The number of rotatable bonds is 6. The van der Waals surface area contributed by atoms with Crippen LogP contribution in [0.3, 0.4) is 0 Å². The Labute approximate surface area is 106 Å². The number of amides is 1. The van der Waals surface area contributed by atoms with Crippen LogP contribution >= 0.6 is 11.6 Å². The number of halogens is 1. The van der Waals surface area contributed by atoms with Crippen LogP contribution in [-0.2, 0) is 4.79 Å². The minimum absolute atomic E-state index is 0.106. The molecule has 0 radical (unpaired) electrons. The van der Waals surface area contributed by atoms with E-state index in [9.17, 15) is 9.90 Å². The van der Waals surface area contributed by atoms with Crippen LogP contribution in [0.25, 0.3) is 0 Å². The van der Waals surface area contributed by atoms with Gasteiger partial charge in [0, 0.05) is 6.54 Å². The molecular formula is C12H16ClNO3. The minimum atomic E-state index is -0.748.